The van der Waals surface area contributed by atoms with E-state index in [2.05, 4.69) is 29.7 Å². The number of nitrogens with two attached hydrogens (primary N) is 1. The lowest BCUT2D eigenvalue weighted by Gasteiger charge is -2.14. The van der Waals surface area contributed by atoms with Crippen LogP contribution in [0.15, 0.2) is 97.1 Å². The van der Waals surface area contributed by atoms with E-state index in [1.54, 1.807) is 12.1 Å². The summed E-state index contributed by atoms with van der Waals surface area (Å²) in [7, 11) is 0. The van der Waals surface area contributed by atoms with Crippen LogP contribution in [0.5, 0.6) is 0 Å². The zero-order chi connectivity index (χ0) is 25.2. The molecule has 0 saturated carbocycles. The number of nitrogens with zero attached hydrogens (tertiary/aromatic N) is 2. The highest BCUT2D eigenvalue weighted by Crippen LogP contribution is 2.38. The second-order valence-electron chi connectivity index (χ2n) is 8.66. The fourth-order valence-electron chi connectivity index (χ4n) is 4.28. The van der Waals surface area contributed by atoms with Gasteiger partial charge in [-0.3, -0.25) is 4.79 Å². The van der Waals surface area contributed by atoms with E-state index in [0.29, 0.717) is 22.2 Å². The van der Waals surface area contributed by atoms with Crippen molar-refractivity contribution >= 4 is 29.1 Å². The zero-order valence-electron chi connectivity index (χ0n) is 19.6. The Hall–Kier alpha value is -3.86. The Bertz CT molecular complexity index is 1540. The van der Waals surface area contributed by atoms with Gasteiger partial charge in [0.25, 0.3) is 0 Å². The zero-order valence-corrected chi connectivity index (χ0v) is 21.1. The molecule has 1 amide bonds. The van der Waals surface area contributed by atoms with E-state index >= 15 is 0 Å². The van der Waals surface area contributed by atoms with Gasteiger partial charge >= 0.3 is 0 Å². The average Bonchev–Trinajstić information content (AvgIpc) is 3.24. The molecule has 4 nitrogen and oxygen atoms in total. The molecule has 36 heavy (non-hydrogen) atoms. The fraction of sp³-hybridized carbons (Fsp3) is 0.0667. The van der Waals surface area contributed by atoms with Crippen molar-refractivity contribution in [1.29, 1.82) is 0 Å². The first-order valence-corrected chi connectivity index (χ1v) is 12.2. The number of imidazole rings is 1. The molecule has 0 aliphatic rings. The van der Waals surface area contributed by atoms with Crippen LogP contribution in [-0.4, -0.2) is 15.5 Å². The number of hydrogen-bond donors (Lipinski definition) is 1. The largest absolute Gasteiger partial charge is 0.366 e. The Balaban J connectivity index is 1.76. The Morgan fingerprint density at radius 1 is 0.806 bits per heavy atom. The monoisotopic (exact) mass is 511 g/mol. The van der Waals surface area contributed by atoms with Crippen LogP contribution in [-0.2, 0) is 6.54 Å². The molecule has 5 aromatic rings. The smallest absolute Gasteiger partial charge is 0.248 e. The summed E-state index contributed by atoms with van der Waals surface area (Å²) in [6, 6.07) is 31.1. The number of carbonyl (C=O) groups is 1. The third-order valence-electron chi connectivity index (χ3n) is 6.06. The van der Waals surface area contributed by atoms with Gasteiger partial charge in [-0.25, -0.2) is 4.98 Å². The summed E-state index contributed by atoms with van der Waals surface area (Å²) >= 11 is 12.4. The lowest BCUT2D eigenvalue weighted by atomic mass is 10.0. The Morgan fingerprint density at radius 2 is 1.42 bits per heavy atom. The van der Waals surface area contributed by atoms with Crippen LogP contribution in [0.1, 0.15) is 21.5 Å². The molecule has 178 valence electrons. The minimum absolute atomic E-state index is 0.448. The predicted molar refractivity (Wildman–Crippen MR) is 147 cm³/mol. The summed E-state index contributed by atoms with van der Waals surface area (Å²) in [5.41, 5.74) is 12.9. The highest BCUT2D eigenvalue weighted by molar-refractivity contribution is 6.31. The van der Waals surface area contributed by atoms with Crippen molar-refractivity contribution in [2.24, 2.45) is 5.73 Å². The van der Waals surface area contributed by atoms with Gasteiger partial charge in [0.05, 0.1) is 11.4 Å². The van der Waals surface area contributed by atoms with Crippen molar-refractivity contribution in [1.82, 2.24) is 9.55 Å². The highest BCUT2D eigenvalue weighted by atomic mass is 35.5. The molecule has 0 aliphatic carbocycles. The number of amides is 1. The quantitative estimate of drug-likeness (QED) is 0.254. The molecule has 0 unspecified atom stereocenters. The van der Waals surface area contributed by atoms with Crippen molar-refractivity contribution in [3.05, 3.63) is 124 Å². The second-order valence-corrected chi connectivity index (χ2v) is 9.54. The van der Waals surface area contributed by atoms with Gasteiger partial charge < -0.3 is 10.3 Å². The molecule has 0 fully saturated rings. The van der Waals surface area contributed by atoms with E-state index < -0.39 is 5.91 Å². The summed E-state index contributed by atoms with van der Waals surface area (Å²) in [5, 5.41) is 1.33. The maximum absolute atomic E-state index is 11.6. The minimum Gasteiger partial charge on any atom is -0.366 e. The maximum Gasteiger partial charge on any atom is 0.248 e. The average molecular weight is 512 g/mol. The fourth-order valence-corrected chi connectivity index (χ4v) is 4.53. The Kier molecular flexibility index (Phi) is 6.64. The number of primary amides is 1. The number of aromatic nitrogens is 2. The lowest BCUT2D eigenvalue weighted by Crippen LogP contribution is -2.11. The van der Waals surface area contributed by atoms with Crippen molar-refractivity contribution < 1.29 is 4.79 Å². The Labute approximate surface area is 220 Å². The molecule has 0 bridgehead atoms. The first-order chi connectivity index (χ1) is 17.4. The molecule has 4 aromatic carbocycles. The van der Waals surface area contributed by atoms with E-state index in [-0.39, 0.29) is 0 Å². The van der Waals surface area contributed by atoms with Crippen molar-refractivity contribution in [2.45, 2.75) is 13.5 Å². The number of halogens is 2. The van der Waals surface area contributed by atoms with Crippen LogP contribution in [0.4, 0.5) is 0 Å². The molecule has 0 radical (unpaired) electrons. The van der Waals surface area contributed by atoms with Gasteiger partial charge in [0.2, 0.25) is 5.91 Å². The molecular weight excluding hydrogens is 489 g/mol. The molecule has 1 aromatic heterocycles. The lowest BCUT2D eigenvalue weighted by molar-refractivity contribution is 0.100. The van der Waals surface area contributed by atoms with E-state index in [1.165, 1.54) is 0 Å². The van der Waals surface area contributed by atoms with Gasteiger partial charge in [-0.15, -0.1) is 0 Å². The summed E-state index contributed by atoms with van der Waals surface area (Å²) in [6.07, 6.45) is 0. The van der Waals surface area contributed by atoms with Gasteiger partial charge in [0.1, 0.15) is 5.82 Å². The Morgan fingerprint density at radius 3 is 2.00 bits per heavy atom. The number of hydrogen-bond acceptors (Lipinski definition) is 2. The van der Waals surface area contributed by atoms with Crippen molar-refractivity contribution in [3.8, 4) is 33.9 Å². The predicted octanol–water partition coefficient (Wildman–Crippen LogP) is 7.65. The van der Waals surface area contributed by atoms with Gasteiger partial charge in [0.15, 0.2) is 0 Å². The first-order valence-electron chi connectivity index (χ1n) is 11.5. The van der Waals surface area contributed by atoms with E-state index in [1.807, 2.05) is 66.7 Å². The van der Waals surface area contributed by atoms with E-state index in [0.717, 1.165) is 45.0 Å². The molecule has 0 saturated heterocycles. The molecule has 6 heteroatoms. The van der Waals surface area contributed by atoms with Crippen LogP contribution in [0.2, 0.25) is 10.0 Å². The first kappa shape index (κ1) is 23.9. The third kappa shape index (κ3) is 4.92. The third-order valence-corrected chi connectivity index (χ3v) is 6.56. The molecule has 0 atom stereocenters. The van der Waals surface area contributed by atoms with Gasteiger partial charge in [0, 0.05) is 38.8 Å². The normalized spacial score (nSPS) is 11.0. The molecule has 2 N–H and O–H groups in total. The van der Waals surface area contributed by atoms with Gasteiger partial charge in [-0.2, -0.15) is 0 Å². The summed E-state index contributed by atoms with van der Waals surface area (Å²) < 4.78 is 2.21. The highest BCUT2D eigenvalue weighted by Gasteiger charge is 2.22. The number of benzene rings is 4. The molecule has 0 spiro atoms. The van der Waals surface area contributed by atoms with Crippen molar-refractivity contribution in [2.75, 3.05) is 0 Å². The van der Waals surface area contributed by atoms with Crippen LogP contribution in [0, 0.1) is 6.92 Å². The summed E-state index contributed by atoms with van der Waals surface area (Å²) in [5.74, 6) is 0.393. The van der Waals surface area contributed by atoms with E-state index in [9.17, 15) is 4.79 Å². The van der Waals surface area contributed by atoms with Crippen molar-refractivity contribution in [3.63, 3.8) is 0 Å². The molecule has 0 aliphatic heterocycles. The standard InChI is InChI=1S/C30H23Cl2N3O/c1-19-3-2-4-24(17-19)30-34-27(21-9-13-25(31)14-10-21)28(22-11-15-26(32)16-12-22)35(30)18-20-5-7-23(8-6-20)29(33)36/h2-17H,18H2,1H3,(H2,33,36). The van der Waals surface area contributed by atoms with Crippen LogP contribution >= 0.6 is 23.2 Å². The van der Waals surface area contributed by atoms with Crippen LogP contribution in [0.25, 0.3) is 33.9 Å². The number of rotatable bonds is 6. The summed E-state index contributed by atoms with van der Waals surface area (Å²) in [6.45, 7) is 2.61. The molecule has 1 heterocycles. The second kappa shape index (κ2) is 10.0. The van der Waals surface area contributed by atoms with E-state index in [4.69, 9.17) is 33.9 Å². The van der Waals surface area contributed by atoms with Gasteiger partial charge in [-0.1, -0.05) is 83.4 Å². The van der Waals surface area contributed by atoms with Crippen LogP contribution in [0.3, 0.4) is 0 Å². The minimum atomic E-state index is -0.448. The molecule has 5 rings (SSSR count). The molecular formula is C30H23Cl2N3O. The van der Waals surface area contributed by atoms with Crippen LogP contribution < -0.4 is 5.73 Å². The maximum atomic E-state index is 11.6. The number of carbonyl (C=O) groups excluding carboxylic acids is 1. The number of aryl methyl sites for hydroxylation is 1. The SMILES string of the molecule is Cc1cccc(-c2nc(-c3ccc(Cl)cc3)c(-c3ccc(Cl)cc3)n2Cc2ccc(C(N)=O)cc2)c1. The topological polar surface area (TPSA) is 60.9 Å². The van der Waals surface area contributed by atoms with Gasteiger partial charge in [-0.05, 0) is 55.0 Å². The summed E-state index contributed by atoms with van der Waals surface area (Å²) in [4.78, 5) is 16.8.